The first-order chi connectivity index (χ1) is 11.5. The van der Waals surface area contributed by atoms with E-state index >= 15 is 0 Å². The van der Waals surface area contributed by atoms with Crippen molar-refractivity contribution in [2.24, 2.45) is 0 Å². The van der Waals surface area contributed by atoms with Gasteiger partial charge in [-0.3, -0.25) is 14.9 Å². The highest BCUT2D eigenvalue weighted by Crippen LogP contribution is 2.35. The van der Waals surface area contributed by atoms with Crippen LogP contribution in [-0.2, 0) is 4.79 Å². The van der Waals surface area contributed by atoms with Crippen LogP contribution in [0.4, 0.5) is 11.4 Å². The molecular weight excluding hydrogens is 330 g/mol. The van der Waals surface area contributed by atoms with Gasteiger partial charge in [-0.05, 0) is 12.5 Å². The molecule has 0 bridgehead atoms. The lowest BCUT2D eigenvalue weighted by Crippen LogP contribution is -2.49. The molecule has 0 aliphatic carbocycles. The number of halogens is 1. The molecule has 1 fully saturated rings. The lowest BCUT2D eigenvalue weighted by atomic mass is 10.1. The third-order valence-electron chi connectivity index (χ3n) is 4.35. The lowest BCUT2D eigenvalue weighted by Gasteiger charge is -2.36. The van der Waals surface area contributed by atoms with Crippen molar-refractivity contribution in [1.29, 1.82) is 0 Å². The number of nitro benzene ring substituents is 1. The molecule has 0 saturated carbocycles. The van der Waals surface area contributed by atoms with E-state index in [0.29, 0.717) is 43.3 Å². The Morgan fingerprint density at radius 2 is 1.92 bits per heavy atom. The van der Waals surface area contributed by atoms with Crippen molar-refractivity contribution < 1.29 is 9.72 Å². The van der Waals surface area contributed by atoms with Gasteiger partial charge in [0.15, 0.2) is 0 Å². The maximum atomic E-state index is 12.2. The van der Waals surface area contributed by atoms with E-state index in [2.05, 4.69) is 6.92 Å². The van der Waals surface area contributed by atoms with Crippen molar-refractivity contribution in [3.8, 4) is 0 Å². The standard InChI is InChI=1S/C17H24ClN3O3/c1-2-3-4-5-9-16(22)19-10-12-20(13-11-19)17-14(18)7-6-8-15(17)21(23)24/h6-8H,2-5,9-13H2,1H3. The third-order valence-corrected chi connectivity index (χ3v) is 4.66. The van der Waals surface area contributed by atoms with Gasteiger partial charge in [-0.1, -0.05) is 43.9 Å². The van der Waals surface area contributed by atoms with Gasteiger partial charge in [0.25, 0.3) is 5.69 Å². The minimum absolute atomic E-state index is 0.0156. The Morgan fingerprint density at radius 3 is 2.54 bits per heavy atom. The van der Waals surface area contributed by atoms with Gasteiger partial charge in [-0.25, -0.2) is 0 Å². The maximum Gasteiger partial charge on any atom is 0.294 e. The summed E-state index contributed by atoms with van der Waals surface area (Å²) in [5, 5.41) is 11.6. The van der Waals surface area contributed by atoms with Gasteiger partial charge >= 0.3 is 0 Å². The minimum Gasteiger partial charge on any atom is -0.361 e. The third kappa shape index (κ3) is 4.60. The normalized spacial score (nSPS) is 14.8. The summed E-state index contributed by atoms with van der Waals surface area (Å²) in [4.78, 5) is 26.8. The monoisotopic (exact) mass is 353 g/mol. The summed E-state index contributed by atoms with van der Waals surface area (Å²) >= 11 is 6.18. The van der Waals surface area contributed by atoms with Crippen LogP contribution in [0.1, 0.15) is 39.0 Å². The van der Waals surface area contributed by atoms with E-state index in [1.165, 1.54) is 6.07 Å². The van der Waals surface area contributed by atoms with E-state index in [1.54, 1.807) is 12.1 Å². The first kappa shape index (κ1) is 18.5. The van der Waals surface area contributed by atoms with Crippen LogP contribution < -0.4 is 4.90 Å². The summed E-state index contributed by atoms with van der Waals surface area (Å²) in [7, 11) is 0. The molecule has 1 aromatic rings. The molecule has 24 heavy (non-hydrogen) atoms. The van der Waals surface area contributed by atoms with Crippen LogP contribution in [0.2, 0.25) is 5.02 Å². The van der Waals surface area contributed by atoms with E-state index in [9.17, 15) is 14.9 Å². The van der Waals surface area contributed by atoms with Crippen LogP contribution in [-0.4, -0.2) is 41.9 Å². The molecule has 0 N–H and O–H groups in total. The highest BCUT2D eigenvalue weighted by molar-refractivity contribution is 6.33. The summed E-state index contributed by atoms with van der Waals surface area (Å²) in [5.41, 5.74) is 0.473. The molecule has 2 rings (SSSR count). The highest BCUT2D eigenvalue weighted by atomic mass is 35.5. The summed E-state index contributed by atoms with van der Waals surface area (Å²) in [6.45, 7) is 4.43. The smallest absolute Gasteiger partial charge is 0.294 e. The van der Waals surface area contributed by atoms with E-state index in [-0.39, 0.29) is 11.6 Å². The van der Waals surface area contributed by atoms with Crippen LogP contribution in [0, 0.1) is 10.1 Å². The Bertz CT molecular complexity index is 586. The van der Waals surface area contributed by atoms with Crippen molar-refractivity contribution in [3.63, 3.8) is 0 Å². The van der Waals surface area contributed by atoms with Gasteiger partial charge in [0.1, 0.15) is 5.69 Å². The number of nitrogens with zero attached hydrogens (tertiary/aromatic N) is 3. The summed E-state index contributed by atoms with van der Waals surface area (Å²) < 4.78 is 0. The average molecular weight is 354 g/mol. The van der Waals surface area contributed by atoms with Gasteiger partial charge in [0.2, 0.25) is 5.91 Å². The minimum atomic E-state index is -0.410. The number of unbranched alkanes of at least 4 members (excludes halogenated alkanes) is 3. The molecule has 1 saturated heterocycles. The lowest BCUT2D eigenvalue weighted by molar-refractivity contribution is -0.384. The fourth-order valence-electron chi connectivity index (χ4n) is 3.00. The molecule has 6 nitrogen and oxygen atoms in total. The number of hydrogen-bond donors (Lipinski definition) is 0. The van der Waals surface area contributed by atoms with Crippen LogP contribution >= 0.6 is 11.6 Å². The second kappa shape index (κ2) is 8.87. The molecule has 1 amide bonds. The predicted molar refractivity (Wildman–Crippen MR) is 95.7 cm³/mol. The number of carbonyl (C=O) groups excluding carboxylic acids is 1. The molecule has 0 aromatic heterocycles. The van der Waals surface area contributed by atoms with Crippen LogP contribution in [0.5, 0.6) is 0 Å². The average Bonchev–Trinajstić information content (AvgIpc) is 2.58. The summed E-state index contributed by atoms with van der Waals surface area (Å²) in [5.74, 6) is 0.180. The molecule has 0 spiro atoms. The summed E-state index contributed by atoms with van der Waals surface area (Å²) in [6.07, 6.45) is 4.93. The molecule has 7 heteroatoms. The Morgan fingerprint density at radius 1 is 1.21 bits per heavy atom. The number of anilines is 1. The number of para-hydroxylation sites is 1. The van der Waals surface area contributed by atoms with Gasteiger partial charge in [-0.2, -0.15) is 0 Å². The van der Waals surface area contributed by atoms with E-state index < -0.39 is 4.92 Å². The zero-order valence-electron chi connectivity index (χ0n) is 14.0. The van der Waals surface area contributed by atoms with Crippen LogP contribution in [0.25, 0.3) is 0 Å². The van der Waals surface area contributed by atoms with E-state index in [4.69, 9.17) is 11.6 Å². The SMILES string of the molecule is CCCCCCC(=O)N1CCN(c2c(Cl)cccc2[N+](=O)[O-])CC1. The number of nitro groups is 1. The molecule has 0 radical (unpaired) electrons. The number of piperazine rings is 1. The zero-order chi connectivity index (χ0) is 17.5. The molecular formula is C17H24ClN3O3. The molecule has 0 unspecified atom stereocenters. The Kier molecular flexibility index (Phi) is 6.85. The van der Waals surface area contributed by atoms with Crippen molar-refractivity contribution in [2.75, 3.05) is 31.1 Å². The second-order valence-corrected chi connectivity index (χ2v) is 6.45. The van der Waals surface area contributed by atoms with Crippen molar-refractivity contribution >= 4 is 28.9 Å². The number of benzene rings is 1. The molecule has 1 aliphatic rings. The molecule has 1 aromatic carbocycles. The zero-order valence-corrected chi connectivity index (χ0v) is 14.8. The first-order valence-electron chi connectivity index (χ1n) is 8.50. The van der Waals surface area contributed by atoms with Gasteiger partial charge < -0.3 is 9.80 Å². The number of amides is 1. The Hall–Kier alpha value is -1.82. The fraction of sp³-hybridized carbons (Fsp3) is 0.588. The van der Waals surface area contributed by atoms with Gasteiger partial charge in [-0.15, -0.1) is 0 Å². The Balaban J connectivity index is 1.94. The first-order valence-corrected chi connectivity index (χ1v) is 8.88. The molecule has 1 heterocycles. The van der Waals surface area contributed by atoms with Crippen molar-refractivity contribution in [1.82, 2.24) is 4.90 Å². The molecule has 132 valence electrons. The molecule has 1 aliphatic heterocycles. The van der Waals surface area contributed by atoms with Crippen LogP contribution in [0.3, 0.4) is 0 Å². The number of carbonyl (C=O) groups is 1. The van der Waals surface area contributed by atoms with Crippen LogP contribution in [0.15, 0.2) is 18.2 Å². The van der Waals surface area contributed by atoms with Gasteiger partial charge in [0.05, 0.1) is 9.95 Å². The summed E-state index contributed by atoms with van der Waals surface area (Å²) in [6, 6.07) is 4.71. The number of rotatable bonds is 7. The van der Waals surface area contributed by atoms with Crippen molar-refractivity contribution in [3.05, 3.63) is 33.3 Å². The predicted octanol–water partition coefficient (Wildman–Crippen LogP) is 3.87. The maximum absolute atomic E-state index is 12.2. The Labute approximate surface area is 147 Å². The van der Waals surface area contributed by atoms with Crippen molar-refractivity contribution in [2.45, 2.75) is 39.0 Å². The largest absolute Gasteiger partial charge is 0.361 e. The van der Waals surface area contributed by atoms with E-state index in [1.807, 2.05) is 9.80 Å². The fourth-order valence-corrected chi connectivity index (χ4v) is 3.29. The van der Waals surface area contributed by atoms with Gasteiger partial charge in [0, 0.05) is 38.7 Å². The van der Waals surface area contributed by atoms with E-state index in [0.717, 1.165) is 25.7 Å². The second-order valence-electron chi connectivity index (χ2n) is 6.04. The topological polar surface area (TPSA) is 66.7 Å². The number of hydrogen-bond acceptors (Lipinski definition) is 4. The quantitative estimate of drug-likeness (QED) is 0.424. The molecule has 0 atom stereocenters. The highest BCUT2D eigenvalue weighted by Gasteiger charge is 2.27.